The molecule has 0 fully saturated rings. The maximum Gasteiger partial charge on any atom is 0.260 e. The van der Waals surface area contributed by atoms with Crippen molar-refractivity contribution in [1.29, 1.82) is 0 Å². The van der Waals surface area contributed by atoms with Gasteiger partial charge in [0.05, 0.1) is 4.70 Å². The maximum absolute atomic E-state index is 14.0. The van der Waals surface area contributed by atoms with Gasteiger partial charge in [-0.25, -0.2) is 9.37 Å². The number of para-hydroxylation sites is 1. The van der Waals surface area contributed by atoms with Gasteiger partial charge >= 0.3 is 0 Å². The van der Waals surface area contributed by atoms with Crippen molar-refractivity contribution in [3.8, 4) is 0 Å². The molecule has 1 amide bonds. The lowest BCUT2D eigenvalue weighted by Gasteiger charge is -2.22. The van der Waals surface area contributed by atoms with Crippen LogP contribution in [-0.2, 0) is 0 Å². The minimum absolute atomic E-state index is 0.205. The highest BCUT2D eigenvalue weighted by atomic mass is 35.5. The molecule has 3 rings (SSSR count). The summed E-state index contributed by atoms with van der Waals surface area (Å²) in [6.07, 6.45) is 0. The first-order valence-corrected chi connectivity index (χ1v) is 8.92. The van der Waals surface area contributed by atoms with E-state index in [0.717, 1.165) is 0 Å². The average Bonchev–Trinajstić information content (AvgIpc) is 3.00. The Morgan fingerprint density at radius 1 is 1.20 bits per heavy atom. The summed E-state index contributed by atoms with van der Waals surface area (Å²) < 4.78 is 14.7. The summed E-state index contributed by atoms with van der Waals surface area (Å²) >= 11 is 7.31. The minimum Gasteiger partial charge on any atom is -0.308 e. The molecule has 130 valence electrons. The number of rotatable bonds is 5. The highest BCUT2D eigenvalue weighted by Crippen LogP contribution is 2.31. The van der Waals surface area contributed by atoms with Gasteiger partial charge in [0, 0.05) is 23.7 Å². The standard InChI is InChI=1S/C18H17ClFN3OS/c1-22(2)9-10-23(17(24)12-5-3-6-13(19)11-12)18-21-16-14(20)7-4-8-15(16)25-18/h3-8,11H,9-10H2,1-2H3. The molecule has 1 heterocycles. The molecular weight excluding hydrogens is 361 g/mol. The molecule has 4 nitrogen and oxygen atoms in total. The second-order valence-electron chi connectivity index (χ2n) is 5.85. The lowest BCUT2D eigenvalue weighted by Crippen LogP contribution is -2.36. The molecule has 0 atom stereocenters. The van der Waals surface area contributed by atoms with Crippen LogP contribution in [0, 0.1) is 5.82 Å². The number of nitrogens with zero attached hydrogens (tertiary/aromatic N) is 3. The molecule has 1 aromatic heterocycles. The summed E-state index contributed by atoms with van der Waals surface area (Å²) in [7, 11) is 3.86. The van der Waals surface area contributed by atoms with E-state index in [-0.39, 0.29) is 17.2 Å². The number of hydrogen-bond donors (Lipinski definition) is 0. The molecule has 0 saturated heterocycles. The molecule has 0 aliphatic carbocycles. The van der Waals surface area contributed by atoms with Crippen molar-refractivity contribution in [3.63, 3.8) is 0 Å². The Hall–Kier alpha value is -2.02. The quantitative estimate of drug-likeness (QED) is 0.665. The average molecular weight is 378 g/mol. The molecular formula is C18H17ClFN3OS. The van der Waals surface area contributed by atoms with Crippen LogP contribution < -0.4 is 4.90 Å². The van der Waals surface area contributed by atoms with Crippen molar-refractivity contribution in [2.75, 3.05) is 32.1 Å². The molecule has 0 unspecified atom stereocenters. The van der Waals surface area contributed by atoms with Gasteiger partial charge in [0.2, 0.25) is 0 Å². The van der Waals surface area contributed by atoms with Crippen LogP contribution in [0.25, 0.3) is 10.2 Å². The molecule has 25 heavy (non-hydrogen) atoms. The zero-order chi connectivity index (χ0) is 18.0. The lowest BCUT2D eigenvalue weighted by molar-refractivity contribution is 0.0985. The summed E-state index contributed by atoms with van der Waals surface area (Å²) in [5.41, 5.74) is 0.766. The third-order valence-corrected chi connectivity index (χ3v) is 4.96. The summed E-state index contributed by atoms with van der Waals surface area (Å²) in [6.45, 7) is 1.10. The van der Waals surface area contributed by atoms with Crippen molar-refractivity contribution in [1.82, 2.24) is 9.88 Å². The van der Waals surface area contributed by atoms with Gasteiger partial charge in [-0.3, -0.25) is 9.69 Å². The van der Waals surface area contributed by atoms with Crippen LogP contribution in [0.1, 0.15) is 10.4 Å². The summed E-state index contributed by atoms with van der Waals surface area (Å²) in [5, 5.41) is 0.973. The van der Waals surface area contributed by atoms with Crippen molar-refractivity contribution < 1.29 is 9.18 Å². The van der Waals surface area contributed by atoms with Gasteiger partial charge in [0.25, 0.3) is 5.91 Å². The highest BCUT2D eigenvalue weighted by molar-refractivity contribution is 7.22. The number of carbonyl (C=O) groups excluding carboxylic acids is 1. The lowest BCUT2D eigenvalue weighted by atomic mass is 10.2. The number of aromatic nitrogens is 1. The second-order valence-corrected chi connectivity index (χ2v) is 7.30. The van der Waals surface area contributed by atoms with Crippen molar-refractivity contribution >= 4 is 44.2 Å². The van der Waals surface area contributed by atoms with Crippen LogP contribution in [0.4, 0.5) is 9.52 Å². The zero-order valence-electron chi connectivity index (χ0n) is 13.9. The normalized spacial score (nSPS) is 11.2. The number of hydrogen-bond acceptors (Lipinski definition) is 4. The van der Waals surface area contributed by atoms with E-state index in [0.29, 0.717) is 33.5 Å². The van der Waals surface area contributed by atoms with E-state index in [1.54, 1.807) is 41.3 Å². The third kappa shape index (κ3) is 3.98. The van der Waals surface area contributed by atoms with E-state index >= 15 is 0 Å². The minimum atomic E-state index is -0.386. The Balaban J connectivity index is 2.01. The molecule has 2 aromatic carbocycles. The van der Waals surface area contributed by atoms with Crippen molar-refractivity contribution in [2.24, 2.45) is 0 Å². The highest BCUT2D eigenvalue weighted by Gasteiger charge is 2.22. The van der Waals surface area contributed by atoms with Gasteiger partial charge in [0.1, 0.15) is 11.3 Å². The van der Waals surface area contributed by atoms with E-state index in [2.05, 4.69) is 4.98 Å². The van der Waals surface area contributed by atoms with Crippen molar-refractivity contribution in [2.45, 2.75) is 0 Å². The number of likely N-dealkylation sites (N-methyl/N-ethyl adjacent to an activating group) is 1. The Bertz CT molecular complexity index is 912. The fourth-order valence-electron chi connectivity index (χ4n) is 2.38. The molecule has 0 saturated carbocycles. The van der Waals surface area contributed by atoms with Gasteiger partial charge in [-0.2, -0.15) is 0 Å². The topological polar surface area (TPSA) is 36.4 Å². The Labute approximate surface area is 154 Å². The van der Waals surface area contributed by atoms with E-state index in [4.69, 9.17) is 11.6 Å². The predicted octanol–water partition coefficient (Wildman–Crippen LogP) is 4.30. The van der Waals surface area contributed by atoms with Crippen LogP contribution in [0.15, 0.2) is 42.5 Å². The van der Waals surface area contributed by atoms with Crippen molar-refractivity contribution in [3.05, 3.63) is 58.9 Å². The van der Waals surface area contributed by atoms with Gasteiger partial charge < -0.3 is 4.90 Å². The van der Waals surface area contributed by atoms with E-state index in [1.165, 1.54) is 17.4 Å². The Morgan fingerprint density at radius 3 is 2.64 bits per heavy atom. The molecule has 0 N–H and O–H groups in total. The summed E-state index contributed by atoms with van der Waals surface area (Å²) in [6, 6.07) is 11.6. The van der Waals surface area contributed by atoms with Crippen LogP contribution in [0.5, 0.6) is 0 Å². The van der Waals surface area contributed by atoms with Crippen LogP contribution in [-0.4, -0.2) is 43.0 Å². The molecule has 3 aromatic rings. The van der Waals surface area contributed by atoms with Crippen LogP contribution >= 0.6 is 22.9 Å². The molecule has 0 aliphatic rings. The number of fused-ring (bicyclic) bond motifs is 1. The molecule has 0 bridgehead atoms. The first-order valence-electron chi connectivity index (χ1n) is 7.73. The van der Waals surface area contributed by atoms with Crippen LogP contribution in [0.2, 0.25) is 5.02 Å². The maximum atomic E-state index is 14.0. The summed E-state index contributed by atoms with van der Waals surface area (Å²) in [4.78, 5) is 20.9. The smallest absolute Gasteiger partial charge is 0.260 e. The number of thiazole rings is 1. The SMILES string of the molecule is CN(C)CCN(C(=O)c1cccc(Cl)c1)c1nc2c(F)cccc2s1. The predicted molar refractivity (Wildman–Crippen MR) is 101 cm³/mol. The fourth-order valence-corrected chi connectivity index (χ4v) is 3.57. The van der Waals surface area contributed by atoms with E-state index < -0.39 is 0 Å². The first-order chi connectivity index (χ1) is 12.0. The number of carbonyl (C=O) groups is 1. The van der Waals surface area contributed by atoms with Gasteiger partial charge in [0.15, 0.2) is 5.13 Å². The summed E-state index contributed by atoms with van der Waals surface area (Å²) in [5.74, 6) is -0.591. The van der Waals surface area contributed by atoms with E-state index in [9.17, 15) is 9.18 Å². The third-order valence-electron chi connectivity index (χ3n) is 3.68. The molecule has 0 radical (unpaired) electrons. The van der Waals surface area contributed by atoms with Crippen LogP contribution in [0.3, 0.4) is 0 Å². The number of amides is 1. The number of halogens is 2. The molecule has 7 heteroatoms. The van der Waals surface area contributed by atoms with Gasteiger partial charge in [-0.15, -0.1) is 0 Å². The van der Waals surface area contributed by atoms with Gasteiger partial charge in [-0.05, 0) is 44.4 Å². The Kier molecular flexibility index (Phi) is 5.32. The monoisotopic (exact) mass is 377 g/mol. The largest absolute Gasteiger partial charge is 0.308 e. The molecule has 0 aliphatic heterocycles. The molecule has 0 spiro atoms. The number of anilines is 1. The Morgan fingerprint density at radius 2 is 1.96 bits per heavy atom. The first kappa shape index (κ1) is 17.8. The van der Waals surface area contributed by atoms with Gasteiger partial charge in [-0.1, -0.05) is 35.1 Å². The van der Waals surface area contributed by atoms with E-state index in [1.807, 2.05) is 19.0 Å². The number of benzene rings is 2. The zero-order valence-corrected chi connectivity index (χ0v) is 15.4. The second kappa shape index (κ2) is 7.47. The fraction of sp³-hybridized carbons (Fsp3) is 0.222.